The molecule has 0 atom stereocenters. The van der Waals surface area contributed by atoms with Gasteiger partial charge in [-0.15, -0.1) is 0 Å². The van der Waals surface area contributed by atoms with Gasteiger partial charge in [-0.25, -0.2) is 0 Å². The van der Waals surface area contributed by atoms with Crippen LogP contribution in [0.15, 0.2) is 75.2 Å². The van der Waals surface area contributed by atoms with Crippen LogP contribution in [0.1, 0.15) is 18.1 Å². The van der Waals surface area contributed by atoms with Crippen LogP contribution in [0, 0.1) is 14.9 Å². The lowest BCUT2D eigenvalue weighted by Gasteiger charge is -2.14. The fraction of sp³-hybridized carbons (Fsp3) is 0.120. The van der Waals surface area contributed by atoms with E-state index in [1.54, 1.807) is 24.3 Å². The standard InChI is InChI=1S/C25H19Br2IN2O3/c1-2-32-23-12-17(11-18(14-29)25(31)30-21-9-5-19(26)6-10-21)22(27)13-24(23)33-15-16-3-7-20(28)8-4-16/h3-13H,2,15H2,1H3,(H,30,31)/b18-11+. The number of anilines is 1. The van der Waals surface area contributed by atoms with Crippen LogP contribution in [0.25, 0.3) is 6.08 Å². The van der Waals surface area contributed by atoms with Crippen LogP contribution in [0.3, 0.4) is 0 Å². The van der Waals surface area contributed by atoms with Crippen molar-refractivity contribution in [2.45, 2.75) is 13.5 Å². The molecule has 0 aromatic heterocycles. The molecule has 0 aliphatic heterocycles. The van der Waals surface area contributed by atoms with Gasteiger partial charge in [0.1, 0.15) is 18.2 Å². The molecule has 0 bridgehead atoms. The smallest absolute Gasteiger partial charge is 0.266 e. The Morgan fingerprint density at radius 2 is 1.73 bits per heavy atom. The average molecular weight is 682 g/mol. The van der Waals surface area contributed by atoms with Gasteiger partial charge in [0, 0.05) is 18.2 Å². The maximum absolute atomic E-state index is 12.6. The van der Waals surface area contributed by atoms with Gasteiger partial charge in [-0.3, -0.25) is 4.79 Å². The first-order valence-corrected chi connectivity index (χ1v) is 12.6. The second-order valence-electron chi connectivity index (χ2n) is 6.80. The zero-order valence-electron chi connectivity index (χ0n) is 17.6. The number of carbonyl (C=O) groups is 1. The van der Waals surface area contributed by atoms with E-state index in [2.05, 4.69) is 59.8 Å². The first-order valence-electron chi connectivity index (χ1n) is 9.92. The molecule has 33 heavy (non-hydrogen) atoms. The molecule has 168 valence electrons. The molecule has 1 N–H and O–H groups in total. The van der Waals surface area contributed by atoms with E-state index in [9.17, 15) is 10.1 Å². The van der Waals surface area contributed by atoms with Crippen molar-refractivity contribution in [3.05, 3.63) is 89.9 Å². The van der Waals surface area contributed by atoms with Crippen molar-refractivity contribution in [2.75, 3.05) is 11.9 Å². The molecule has 8 heteroatoms. The molecule has 0 heterocycles. The van der Waals surface area contributed by atoms with E-state index in [4.69, 9.17) is 9.47 Å². The topological polar surface area (TPSA) is 71.3 Å². The predicted octanol–water partition coefficient (Wildman–Crippen LogP) is 7.34. The SMILES string of the molecule is CCOc1cc(/C=C(\C#N)C(=O)Nc2ccc(Br)cc2)c(Br)cc1OCc1ccc(I)cc1. The van der Waals surface area contributed by atoms with Crippen molar-refractivity contribution in [2.24, 2.45) is 0 Å². The molecule has 3 aromatic carbocycles. The molecule has 0 saturated carbocycles. The summed E-state index contributed by atoms with van der Waals surface area (Å²) in [6.07, 6.45) is 1.52. The van der Waals surface area contributed by atoms with Crippen LogP contribution in [0.5, 0.6) is 11.5 Å². The lowest BCUT2D eigenvalue weighted by molar-refractivity contribution is -0.112. The lowest BCUT2D eigenvalue weighted by atomic mass is 10.1. The molecule has 0 spiro atoms. The Hall–Kier alpha value is -2.35. The summed E-state index contributed by atoms with van der Waals surface area (Å²) in [6.45, 7) is 2.71. The Bertz CT molecular complexity index is 1200. The van der Waals surface area contributed by atoms with Gasteiger partial charge in [-0.2, -0.15) is 5.26 Å². The zero-order chi connectivity index (χ0) is 23.8. The van der Waals surface area contributed by atoms with Crippen LogP contribution in [-0.4, -0.2) is 12.5 Å². The summed E-state index contributed by atoms with van der Waals surface area (Å²) in [6, 6.07) is 20.7. The summed E-state index contributed by atoms with van der Waals surface area (Å²) < 4.78 is 14.5. The number of rotatable bonds is 8. The Morgan fingerprint density at radius 1 is 1.06 bits per heavy atom. The molecule has 3 rings (SSSR count). The van der Waals surface area contributed by atoms with Crippen LogP contribution in [0.4, 0.5) is 5.69 Å². The van der Waals surface area contributed by atoms with E-state index in [0.717, 1.165) is 13.6 Å². The second-order valence-corrected chi connectivity index (χ2v) is 9.82. The van der Waals surface area contributed by atoms with Gasteiger partial charge in [0.05, 0.1) is 6.61 Å². The van der Waals surface area contributed by atoms with Gasteiger partial charge in [-0.1, -0.05) is 44.0 Å². The highest BCUT2D eigenvalue weighted by Crippen LogP contribution is 2.35. The summed E-state index contributed by atoms with van der Waals surface area (Å²) in [4.78, 5) is 12.6. The lowest BCUT2D eigenvalue weighted by Crippen LogP contribution is -2.13. The number of amides is 1. The summed E-state index contributed by atoms with van der Waals surface area (Å²) in [5, 5.41) is 12.3. The van der Waals surface area contributed by atoms with Crippen molar-refractivity contribution in [3.8, 4) is 17.6 Å². The fourth-order valence-electron chi connectivity index (χ4n) is 2.82. The van der Waals surface area contributed by atoms with Crippen molar-refractivity contribution in [1.82, 2.24) is 0 Å². The molecule has 1 amide bonds. The van der Waals surface area contributed by atoms with E-state index in [-0.39, 0.29) is 5.57 Å². The Morgan fingerprint density at radius 3 is 2.36 bits per heavy atom. The summed E-state index contributed by atoms with van der Waals surface area (Å²) in [7, 11) is 0. The number of nitrogens with one attached hydrogen (secondary N) is 1. The number of nitrogens with zero attached hydrogens (tertiary/aromatic N) is 1. The van der Waals surface area contributed by atoms with Crippen molar-refractivity contribution >= 4 is 72.1 Å². The minimum absolute atomic E-state index is 0.0337. The molecule has 0 aliphatic rings. The predicted molar refractivity (Wildman–Crippen MR) is 145 cm³/mol. The summed E-state index contributed by atoms with van der Waals surface area (Å²) >= 11 is 9.14. The molecule has 5 nitrogen and oxygen atoms in total. The van der Waals surface area contributed by atoms with E-state index >= 15 is 0 Å². The monoisotopic (exact) mass is 680 g/mol. The summed E-state index contributed by atoms with van der Waals surface area (Å²) in [5.41, 5.74) is 2.23. The number of nitriles is 1. The van der Waals surface area contributed by atoms with E-state index < -0.39 is 5.91 Å². The average Bonchev–Trinajstić information content (AvgIpc) is 2.80. The highest BCUT2D eigenvalue weighted by Gasteiger charge is 2.14. The molecule has 3 aromatic rings. The number of hydrogen-bond acceptors (Lipinski definition) is 4. The molecule has 0 fully saturated rings. The third kappa shape index (κ3) is 7.32. The van der Waals surface area contributed by atoms with Crippen molar-refractivity contribution < 1.29 is 14.3 Å². The maximum Gasteiger partial charge on any atom is 0.266 e. The molecular formula is C25H19Br2IN2O3. The van der Waals surface area contributed by atoms with Crippen LogP contribution in [-0.2, 0) is 11.4 Å². The number of carbonyl (C=O) groups excluding carboxylic acids is 1. The van der Waals surface area contributed by atoms with Crippen LogP contribution in [0.2, 0.25) is 0 Å². The minimum Gasteiger partial charge on any atom is -0.490 e. The third-order valence-electron chi connectivity index (χ3n) is 4.44. The number of benzene rings is 3. The fourth-order valence-corrected chi connectivity index (χ4v) is 3.88. The Kier molecular flexibility index (Phi) is 9.35. The second kappa shape index (κ2) is 12.2. The van der Waals surface area contributed by atoms with Crippen LogP contribution < -0.4 is 14.8 Å². The van der Waals surface area contributed by atoms with Gasteiger partial charge < -0.3 is 14.8 Å². The third-order valence-corrected chi connectivity index (χ3v) is 6.37. The van der Waals surface area contributed by atoms with Crippen molar-refractivity contribution in [1.29, 1.82) is 5.26 Å². The number of hydrogen-bond donors (Lipinski definition) is 1. The quantitative estimate of drug-likeness (QED) is 0.154. The van der Waals surface area contributed by atoms with E-state index in [1.807, 2.05) is 49.4 Å². The first-order chi connectivity index (χ1) is 15.9. The molecule has 0 saturated heterocycles. The van der Waals surface area contributed by atoms with Gasteiger partial charge in [-0.05, 0) is 95.2 Å². The van der Waals surface area contributed by atoms with E-state index in [1.165, 1.54) is 6.08 Å². The highest BCUT2D eigenvalue weighted by molar-refractivity contribution is 14.1. The van der Waals surface area contributed by atoms with Crippen molar-refractivity contribution in [3.63, 3.8) is 0 Å². The van der Waals surface area contributed by atoms with Gasteiger partial charge in [0.2, 0.25) is 0 Å². The van der Waals surface area contributed by atoms with Gasteiger partial charge in [0.25, 0.3) is 5.91 Å². The molecule has 0 aliphatic carbocycles. The minimum atomic E-state index is -0.497. The molecule has 0 unspecified atom stereocenters. The Balaban J connectivity index is 1.83. The maximum atomic E-state index is 12.6. The Labute approximate surface area is 223 Å². The normalized spacial score (nSPS) is 10.9. The first kappa shape index (κ1) is 25.3. The largest absolute Gasteiger partial charge is 0.490 e. The molecular weight excluding hydrogens is 663 g/mol. The molecule has 0 radical (unpaired) electrons. The zero-order valence-corrected chi connectivity index (χ0v) is 22.9. The van der Waals surface area contributed by atoms with Gasteiger partial charge in [0.15, 0.2) is 11.5 Å². The van der Waals surface area contributed by atoms with Gasteiger partial charge >= 0.3 is 0 Å². The number of halogens is 3. The number of ether oxygens (including phenoxy) is 2. The van der Waals surface area contributed by atoms with E-state index in [0.29, 0.717) is 40.4 Å². The summed E-state index contributed by atoms with van der Waals surface area (Å²) in [5.74, 6) is 0.601. The highest BCUT2D eigenvalue weighted by atomic mass is 127. The van der Waals surface area contributed by atoms with Crippen LogP contribution >= 0.6 is 54.5 Å².